The molecule has 0 saturated carbocycles. The van der Waals surface area contributed by atoms with Gasteiger partial charge in [-0.2, -0.15) is 0 Å². The molecule has 0 radical (unpaired) electrons. The third-order valence-corrected chi connectivity index (χ3v) is 3.74. The van der Waals surface area contributed by atoms with Crippen molar-refractivity contribution in [1.29, 1.82) is 0 Å². The van der Waals surface area contributed by atoms with E-state index in [1.54, 1.807) is 0 Å². The predicted octanol–water partition coefficient (Wildman–Crippen LogP) is 1.90. The van der Waals surface area contributed by atoms with Crippen LogP contribution in [0.15, 0.2) is 0 Å². The number of ether oxygens (including phenoxy) is 1. The van der Waals surface area contributed by atoms with Crippen molar-refractivity contribution in [3.05, 3.63) is 0 Å². The number of rotatable bonds is 7. The summed E-state index contributed by atoms with van der Waals surface area (Å²) in [6, 6.07) is 0.423. The first-order chi connectivity index (χ1) is 9.00. The quantitative estimate of drug-likeness (QED) is 0.768. The van der Waals surface area contributed by atoms with Gasteiger partial charge in [-0.1, -0.05) is 27.7 Å². The Morgan fingerprint density at radius 2 is 1.84 bits per heavy atom. The van der Waals surface area contributed by atoms with Gasteiger partial charge in [-0.25, -0.2) is 0 Å². The lowest BCUT2D eigenvalue weighted by Crippen LogP contribution is -2.51. The summed E-state index contributed by atoms with van der Waals surface area (Å²) in [5, 5.41) is 3.10. The van der Waals surface area contributed by atoms with Crippen LogP contribution in [0.5, 0.6) is 0 Å². The van der Waals surface area contributed by atoms with Crippen LogP contribution < -0.4 is 5.32 Å². The molecule has 1 N–H and O–H groups in total. The summed E-state index contributed by atoms with van der Waals surface area (Å²) in [5.74, 6) is 1.32. The van der Waals surface area contributed by atoms with Gasteiger partial charge in [0.2, 0.25) is 5.91 Å². The van der Waals surface area contributed by atoms with Gasteiger partial charge in [0.1, 0.15) is 0 Å². The average molecular weight is 270 g/mol. The van der Waals surface area contributed by atoms with Crippen molar-refractivity contribution in [3.8, 4) is 0 Å². The number of amides is 1. The van der Waals surface area contributed by atoms with Gasteiger partial charge in [0.25, 0.3) is 0 Å². The highest BCUT2D eigenvalue weighted by Crippen LogP contribution is 2.12. The number of hydrogen-bond donors (Lipinski definition) is 1. The Kier molecular flexibility index (Phi) is 7.39. The first kappa shape index (κ1) is 16.4. The topological polar surface area (TPSA) is 41.6 Å². The Bertz CT molecular complexity index is 261. The van der Waals surface area contributed by atoms with Crippen molar-refractivity contribution >= 4 is 5.91 Å². The minimum absolute atomic E-state index is 0.188. The minimum atomic E-state index is 0.188. The maximum Gasteiger partial charge on any atom is 0.220 e. The van der Waals surface area contributed by atoms with E-state index in [0.29, 0.717) is 24.3 Å². The molecule has 1 heterocycles. The van der Waals surface area contributed by atoms with Crippen LogP contribution in [0, 0.1) is 11.8 Å². The number of carbonyl (C=O) groups excluding carboxylic acids is 1. The maximum atomic E-state index is 11.8. The van der Waals surface area contributed by atoms with E-state index in [1.807, 2.05) is 0 Å². The lowest BCUT2D eigenvalue weighted by Gasteiger charge is -2.36. The largest absolute Gasteiger partial charge is 0.379 e. The van der Waals surface area contributed by atoms with Crippen LogP contribution in [-0.4, -0.2) is 49.7 Å². The minimum Gasteiger partial charge on any atom is -0.379 e. The Morgan fingerprint density at radius 1 is 1.21 bits per heavy atom. The zero-order chi connectivity index (χ0) is 14.3. The summed E-state index contributed by atoms with van der Waals surface area (Å²) in [5.41, 5.74) is 0. The molecule has 1 atom stereocenters. The van der Waals surface area contributed by atoms with E-state index in [9.17, 15) is 4.79 Å². The van der Waals surface area contributed by atoms with Gasteiger partial charge in [-0.15, -0.1) is 0 Å². The van der Waals surface area contributed by atoms with Crippen molar-refractivity contribution in [2.75, 3.05) is 32.8 Å². The molecule has 0 aromatic heterocycles. The Labute approximate surface area is 117 Å². The Morgan fingerprint density at radius 3 is 2.37 bits per heavy atom. The highest BCUT2D eigenvalue weighted by Gasteiger charge is 2.24. The summed E-state index contributed by atoms with van der Waals surface area (Å²) in [7, 11) is 0. The summed E-state index contributed by atoms with van der Waals surface area (Å²) in [4.78, 5) is 14.2. The molecule has 0 bridgehead atoms. The molecule has 1 fully saturated rings. The molecule has 4 nitrogen and oxygen atoms in total. The van der Waals surface area contributed by atoms with Crippen molar-refractivity contribution < 1.29 is 9.53 Å². The van der Waals surface area contributed by atoms with Gasteiger partial charge in [0, 0.05) is 32.1 Å². The summed E-state index contributed by atoms with van der Waals surface area (Å²) < 4.78 is 5.39. The molecule has 1 aliphatic rings. The van der Waals surface area contributed by atoms with Crippen LogP contribution in [0.25, 0.3) is 0 Å². The fraction of sp³-hybridized carbons (Fsp3) is 0.933. The van der Waals surface area contributed by atoms with Crippen molar-refractivity contribution in [2.24, 2.45) is 11.8 Å². The number of nitrogens with zero attached hydrogens (tertiary/aromatic N) is 1. The lowest BCUT2D eigenvalue weighted by atomic mass is 10.0. The molecule has 1 saturated heterocycles. The molecule has 0 spiro atoms. The van der Waals surface area contributed by atoms with Crippen LogP contribution in [0.4, 0.5) is 0 Å². The Balaban J connectivity index is 2.34. The lowest BCUT2D eigenvalue weighted by molar-refractivity contribution is -0.121. The monoisotopic (exact) mass is 270 g/mol. The van der Waals surface area contributed by atoms with E-state index in [2.05, 4.69) is 37.9 Å². The van der Waals surface area contributed by atoms with Crippen LogP contribution in [0.2, 0.25) is 0 Å². The highest BCUT2D eigenvalue weighted by molar-refractivity contribution is 5.75. The zero-order valence-electron chi connectivity index (χ0n) is 12.9. The predicted molar refractivity (Wildman–Crippen MR) is 78.1 cm³/mol. The van der Waals surface area contributed by atoms with Gasteiger partial charge in [0.05, 0.1) is 13.2 Å². The number of nitrogens with one attached hydrogen (secondary N) is 1. The Hall–Kier alpha value is -0.610. The summed E-state index contributed by atoms with van der Waals surface area (Å²) in [6.45, 7) is 13.1. The first-order valence-electron chi connectivity index (χ1n) is 7.59. The van der Waals surface area contributed by atoms with E-state index in [1.165, 1.54) is 0 Å². The van der Waals surface area contributed by atoms with Crippen LogP contribution >= 0.6 is 0 Å². The molecule has 1 unspecified atom stereocenters. The van der Waals surface area contributed by atoms with Gasteiger partial charge < -0.3 is 10.1 Å². The van der Waals surface area contributed by atoms with E-state index >= 15 is 0 Å². The van der Waals surface area contributed by atoms with Gasteiger partial charge in [0.15, 0.2) is 0 Å². The average Bonchev–Trinajstić information content (AvgIpc) is 2.37. The number of hydrogen-bond acceptors (Lipinski definition) is 3. The second-order valence-electron chi connectivity index (χ2n) is 6.20. The molecular weight excluding hydrogens is 240 g/mol. The SMILES string of the molecule is CC(C)CCC(=O)NCC(C(C)C)N1CCOCC1. The second-order valence-corrected chi connectivity index (χ2v) is 6.20. The molecule has 0 aromatic rings. The summed E-state index contributed by atoms with van der Waals surface area (Å²) in [6.07, 6.45) is 1.61. The first-order valence-corrected chi connectivity index (χ1v) is 7.59. The fourth-order valence-electron chi connectivity index (χ4n) is 2.42. The van der Waals surface area contributed by atoms with Crippen molar-refractivity contribution in [2.45, 2.75) is 46.6 Å². The van der Waals surface area contributed by atoms with Gasteiger partial charge in [-0.05, 0) is 18.3 Å². The molecule has 112 valence electrons. The number of morpholine rings is 1. The fourth-order valence-corrected chi connectivity index (χ4v) is 2.42. The van der Waals surface area contributed by atoms with E-state index in [4.69, 9.17) is 4.74 Å². The molecule has 1 amide bonds. The maximum absolute atomic E-state index is 11.8. The normalized spacial score (nSPS) is 18.8. The van der Waals surface area contributed by atoms with E-state index in [0.717, 1.165) is 39.3 Å². The van der Waals surface area contributed by atoms with Crippen molar-refractivity contribution in [1.82, 2.24) is 10.2 Å². The second kappa shape index (κ2) is 8.54. The van der Waals surface area contributed by atoms with Crippen LogP contribution in [0.1, 0.15) is 40.5 Å². The van der Waals surface area contributed by atoms with Crippen LogP contribution in [-0.2, 0) is 9.53 Å². The summed E-state index contributed by atoms with van der Waals surface area (Å²) >= 11 is 0. The zero-order valence-corrected chi connectivity index (χ0v) is 12.9. The van der Waals surface area contributed by atoms with Gasteiger partial charge >= 0.3 is 0 Å². The molecule has 0 aromatic carbocycles. The van der Waals surface area contributed by atoms with E-state index < -0.39 is 0 Å². The molecule has 4 heteroatoms. The van der Waals surface area contributed by atoms with E-state index in [-0.39, 0.29) is 5.91 Å². The number of carbonyl (C=O) groups is 1. The van der Waals surface area contributed by atoms with Crippen LogP contribution in [0.3, 0.4) is 0 Å². The smallest absolute Gasteiger partial charge is 0.220 e. The molecule has 19 heavy (non-hydrogen) atoms. The highest BCUT2D eigenvalue weighted by atomic mass is 16.5. The van der Waals surface area contributed by atoms with Crippen molar-refractivity contribution in [3.63, 3.8) is 0 Å². The molecule has 1 rings (SSSR count). The standard InChI is InChI=1S/C15H30N2O2/c1-12(2)5-6-15(18)16-11-14(13(3)4)17-7-9-19-10-8-17/h12-14H,5-11H2,1-4H3,(H,16,18). The molecule has 1 aliphatic heterocycles. The molecule has 0 aliphatic carbocycles. The van der Waals surface area contributed by atoms with Gasteiger partial charge in [-0.3, -0.25) is 9.69 Å². The third kappa shape index (κ3) is 6.39. The molecular formula is C15H30N2O2. The third-order valence-electron chi connectivity index (χ3n) is 3.74.